The van der Waals surface area contributed by atoms with Crippen molar-refractivity contribution in [3.8, 4) is 11.5 Å². The number of carbonyl (C=O) groups is 2. The maximum atomic E-state index is 12.7. The number of nitrogens with zero attached hydrogens (tertiary/aromatic N) is 3. The van der Waals surface area contributed by atoms with Crippen molar-refractivity contribution in [3.05, 3.63) is 39.8 Å². The molecule has 27 heavy (non-hydrogen) atoms. The highest BCUT2D eigenvalue weighted by molar-refractivity contribution is 7.09. The molecule has 142 valence electrons. The minimum atomic E-state index is -0.0929. The molecule has 1 aromatic heterocycles. The smallest absolute Gasteiger partial charge is 0.273 e. The van der Waals surface area contributed by atoms with E-state index in [1.165, 1.54) is 11.3 Å². The lowest BCUT2D eigenvalue weighted by Crippen LogP contribution is -2.50. The summed E-state index contributed by atoms with van der Waals surface area (Å²) in [7, 11) is 0. The molecule has 2 aliphatic heterocycles. The maximum absolute atomic E-state index is 12.7. The fraction of sp³-hybridized carbons (Fsp3) is 0.389. The SMILES string of the molecule is NCCc1nc(C(=O)N2CCN(C(=O)c3ccc4c(c3)OCO4)CC2)cs1. The van der Waals surface area contributed by atoms with E-state index in [0.717, 1.165) is 5.01 Å². The number of aromatic nitrogens is 1. The first-order valence-electron chi connectivity index (χ1n) is 8.78. The van der Waals surface area contributed by atoms with E-state index in [2.05, 4.69) is 4.98 Å². The molecule has 2 aromatic rings. The fourth-order valence-electron chi connectivity index (χ4n) is 3.13. The van der Waals surface area contributed by atoms with Gasteiger partial charge in [-0.25, -0.2) is 4.98 Å². The zero-order valence-electron chi connectivity index (χ0n) is 14.7. The molecule has 1 fully saturated rings. The van der Waals surface area contributed by atoms with Crippen molar-refractivity contribution in [1.82, 2.24) is 14.8 Å². The summed E-state index contributed by atoms with van der Waals surface area (Å²) in [5.41, 5.74) is 6.55. The van der Waals surface area contributed by atoms with Crippen LogP contribution < -0.4 is 15.2 Å². The van der Waals surface area contributed by atoms with Gasteiger partial charge < -0.3 is 25.0 Å². The molecule has 9 heteroatoms. The molecule has 3 heterocycles. The van der Waals surface area contributed by atoms with Gasteiger partial charge in [0.1, 0.15) is 5.69 Å². The molecule has 2 amide bonds. The first-order valence-corrected chi connectivity index (χ1v) is 9.66. The third-order valence-corrected chi connectivity index (χ3v) is 5.51. The summed E-state index contributed by atoms with van der Waals surface area (Å²) < 4.78 is 10.6. The van der Waals surface area contributed by atoms with Crippen LogP contribution in [-0.4, -0.2) is 66.1 Å². The van der Waals surface area contributed by atoms with E-state index in [4.69, 9.17) is 15.2 Å². The van der Waals surface area contributed by atoms with E-state index in [0.29, 0.717) is 61.9 Å². The Morgan fingerprint density at radius 1 is 1.07 bits per heavy atom. The van der Waals surface area contributed by atoms with Crippen molar-refractivity contribution < 1.29 is 19.1 Å². The molecular formula is C18H20N4O4S. The minimum Gasteiger partial charge on any atom is -0.454 e. The molecule has 0 radical (unpaired) electrons. The van der Waals surface area contributed by atoms with Gasteiger partial charge in [-0.15, -0.1) is 11.3 Å². The fourth-order valence-corrected chi connectivity index (χ4v) is 3.92. The number of piperazine rings is 1. The molecule has 8 nitrogen and oxygen atoms in total. The van der Waals surface area contributed by atoms with Gasteiger partial charge in [0, 0.05) is 43.5 Å². The molecule has 0 bridgehead atoms. The van der Waals surface area contributed by atoms with Crippen LogP contribution in [-0.2, 0) is 6.42 Å². The monoisotopic (exact) mass is 388 g/mol. The van der Waals surface area contributed by atoms with Crippen LogP contribution >= 0.6 is 11.3 Å². The lowest BCUT2D eigenvalue weighted by Gasteiger charge is -2.34. The Kier molecular flexibility index (Phi) is 4.95. The number of amides is 2. The second kappa shape index (κ2) is 7.53. The molecule has 2 aliphatic rings. The van der Waals surface area contributed by atoms with Crippen LogP contribution in [0.1, 0.15) is 25.9 Å². The summed E-state index contributed by atoms with van der Waals surface area (Å²) in [6.45, 7) is 2.63. The Labute approximate surface area is 160 Å². The minimum absolute atomic E-state index is 0.0701. The number of benzene rings is 1. The molecule has 4 rings (SSSR count). The molecular weight excluding hydrogens is 368 g/mol. The van der Waals surface area contributed by atoms with Crippen LogP contribution in [0.25, 0.3) is 0 Å². The van der Waals surface area contributed by atoms with Crippen LogP contribution in [0.5, 0.6) is 11.5 Å². The van der Waals surface area contributed by atoms with Gasteiger partial charge in [0.2, 0.25) is 6.79 Å². The average molecular weight is 388 g/mol. The van der Waals surface area contributed by atoms with Gasteiger partial charge in [-0.1, -0.05) is 0 Å². The number of hydrogen-bond acceptors (Lipinski definition) is 7. The third kappa shape index (κ3) is 3.60. The first kappa shape index (κ1) is 17.7. The zero-order chi connectivity index (χ0) is 18.8. The predicted molar refractivity (Wildman–Crippen MR) is 99.2 cm³/mol. The van der Waals surface area contributed by atoms with Gasteiger partial charge in [0.15, 0.2) is 11.5 Å². The van der Waals surface area contributed by atoms with Gasteiger partial charge in [-0.05, 0) is 24.7 Å². The normalized spacial score (nSPS) is 15.9. The molecule has 2 N–H and O–H groups in total. The number of thiazole rings is 1. The molecule has 1 saturated heterocycles. The van der Waals surface area contributed by atoms with E-state index in [1.807, 2.05) is 0 Å². The van der Waals surface area contributed by atoms with Crippen LogP contribution in [0.3, 0.4) is 0 Å². The quantitative estimate of drug-likeness (QED) is 0.838. The highest BCUT2D eigenvalue weighted by Crippen LogP contribution is 2.32. The molecule has 0 unspecified atom stereocenters. The standard InChI is InChI=1S/C18H20N4O4S/c19-4-3-16-20-13(10-27-16)18(24)22-7-5-21(6-8-22)17(23)12-1-2-14-15(9-12)26-11-25-14/h1-2,9-10H,3-8,11,19H2. The highest BCUT2D eigenvalue weighted by Gasteiger charge is 2.27. The summed E-state index contributed by atoms with van der Waals surface area (Å²) >= 11 is 1.45. The Hall–Kier alpha value is -2.65. The Bertz CT molecular complexity index is 861. The largest absolute Gasteiger partial charge is 0.454 e. The first-order chi connectivity index (χ1) is 13.2. The van der Waals surface area contributed by atoms with Crippen molar-refractivity contribution in [2.24, 2.45) is 5.73 Å². The zero-order valence-corrected chi connectivity index (χ0v) is 15.5. The molecule has 0 atom stereocenters. The molecule has 0 saturated carbocycles. The van der Waals surface area contributed by atoms with Crippen LogP contribution in [0, 0.1) is 0 Å². The number of hydrogen-bond donors (Lipinski definition) is 1. The lowest BCUT2D eigenvalue weighted by molar-refractivity contribution is 0.0532. The van der Waals surface area contributed by atoms with Crippen molar-refractivity contribution in [3.63, 3.8) is 0 Å². The Morgan fingerprint density at radius 2 is 1.78 bits per heavy atom. The van der Waals surface area contributed by atoms with E-state index in [-0.39, 0.29) is 18.6 Å². The second-order valence-corrected chi connectivity index (χ2v) is 7.26. The van der Waals surface area contributed by atoms with Crippen molar-refractivity contribution in [2.75, 3.05) is 39.5 Å². The average Bonchev–Trinajstić information content (AvgIpc) is 3.36. The van der Waals surface area contributed by atoms with E-state index in [9.17, 15) is 9.59 Å². The van der Waals surface area contributed by atoms with Gasteiger partial charge in [0.25, 0.3) is 11.8 Å². The van der Waals surface area contributed by atoms with Crippen LogP contribution in [0.15, 0.2) is 23.6 Å². The summed E-state index contributed by atoms with van der Waals surface area (Å²) in [5, 5.41) is 2.65. The van der Waals surface area contributed by atoms with Gasteiger partial charge >= 0.3 is 0 Å². The van der Waals surface area contributed by atoms with Crippen molar-refractivity contribution in [1.29, 1.82) is 0 Å². The summed E-state index contributed by atoms with van der Waals surface area (Å²) in [4.78, 5) is 33.2. The molecule has 0 aliphatic carbocycles. The summed E-state index contributed by atoms with van der Waals surface area (Å²) in [6, 6.07) is 5.19. The third-order valence-electron chi connectivity index (χ3n) is 4.60. The maximum Gasteiger partial charge on any atom is 0.273 e. The van der Waals surface area contributed by atoms with Gasteiger partial charge in [0.05, 0.1) is 5.01 Å². The number of carbonyl (C=O) groups excluding carboxylic acids is 2. The second-order valence-electron chi connectivity index (χ2n) is 6.32. The summed E-state index contributed by atoms with van der Waals surface area (Å²) in [5.74, 6) is 1.08. The van der Waals surface area contributed by atoms with E-state index in [1.54, 1.807) is 33.4 Å². The number of fused-ring (bicyclic) bond motifs is 1. The van der Waals surface area contributed by atoms with E-state index < -0.39 is 0 Å². The Balaban J connectivity index is 1.36. The van der Waals surface area contributed by atoms with Gasteiger partial charge in [-0.3, -0.25) is 9.59 Å². The van der Waals surface area contributed by atoms with Crippen LogP contribution in [0.4, 0.5) is 0 Å². The number of rotatable bonds is 4. The number of ether oxygens (including phenoxy) is 2. The van der Waals surface area contributed by atoms with Crippen LogP contribution in [0.2, 0.25) is 0 Å². The van der Waals surface area contributed by atoms with Gasteiger partial charge in [-0.2, -0.15) is 0 Å². The lowest BCUT2D eigenvalue weighted by atomic mass is 10.1. The predicted octanol–water partition coefficient (Wildman–Crippen LogP) is 0.971. The van der Waals surface area contributed by atoms with E-state index >= 15 is 0 Å². The highest BCUT2D eigenvalue weighted by atomic mass is 32.1. The molecule has 1 aromatic carbocycles. The number of nitrogens with two attached hydrogens (primary N) is 1. The molecule has 0 spiro atoms. The Morgan fingerprint density at radius 3 is 2.52 bits per heavy atom. The van der Waals surface area contributed by atoms with Crippen molar-refractivity contribution in [2.45, 2.75) is 6.42 Å². The summed E-state index contributed by atoms with van der Waals surface area (Å²) in [6.07, 6.45) is 0.676. The van der Waals surface area contributed by atoms with Crippen molar-refractivity contribution >= 4 is 23.2 Å². The topological polar surface area (TPSA) is 98.0 Å².